The number of amides is 1. The number of anilines is 1. The third-order valence-corrected chi connectivity index (χ3v) is 6.86. The van der Waals surface area contributed by atoms with Crippen LogP contribution in [0.3, 0.4) is 0 Å². The summed E-state index contributed by atoms with van der Waals surface area (Å²) in [7, 11) is -3.58. The van der Waals surface area contributed by atoms with Crippen LogP contribution in [0, 0.1) is 5.82 Å². The molecule has 0 radical (unpaired) electrons. The van der Waals surface area contributed by atoms with Crippen LogP contribution < -0.4 is 5.32 Å². The minimum absolute atomic E-state index is 0.0108. The van der Waals surface area contributed by atoms with E-state index in [4.69, 9.17) is 16.3 Å². The minimum atomic E-state index is -3.58. The van der Waals surface area contributed by atoms with Gasteiger partial charge in [0.25, 0.3) is 5.91 Å². The summed E-state index contributed by atoms with van der Waals surface area (Å²) in [5, 5.41) is 2.47. The summed E-state index contributed by atoms with van der Waals surface area (Å²) in [6.45, 7) is 2.34. The van der Waals surface area contributed by atoms with Crippen molar-refractivity contribution in [1.29, 1.82) is 0 Å². The van der Waals surface area contributed by atoms with Gasteiger partial charge in [-0.2, -0.15) is 4.31 Å². The molecular formula is C20H20ClFN2O5S. The van der Waals surface area contributed by atoms with Gasteiger partial charge in [-0.25, -0.2) is 17.6 Å². The Kier molecular flexibility index (Phi) is 6.74. The minimum Gasteiger partial charge on any atom is -0.449 e. The largest absolute Gasteiger partial charge is 0.449 e. The normalized spacial score (nSPS) is 15.6. The molecule has 1 saturated heterocycles. The van der Waals surface area contributed by atoms with Gasteiger partial charge >= 0.3 is 5.97 Å². The molecule has 1 heterocycles. The third kappa shape index (κ3) is 4.97. The number of halogens is 2. The highest BCUT2D eigenvalue weighted by Crippen LogP contribution is 2.23. The zero-order valence-corrected chi connectivity index (χ0v) is 17.7. The number of esters is 1. The zero-order valence-electron chi connectivity index (χ0n) is 16.1. The fraction of sp³-hybridized carbons (Fsp3) is 0.300. The number of nitrogens with zero attached hydrogens (tertiary/aromatic N) is 1. The predicted octanol–water partition coefficient (Wildman–Crippen LogP) is 3.45. The number of ether oxygens (including phenoxy) is 1. The molecule has 0 aromatic heterocycles. The van der Waals surface area contributed by atoms with Crippen molar-refractivity contribution in [3.8, 4) is 0 Å². The van der Waals surface area contributed by atoms with E-state index < -0.39 is 33.8 Å². The van der Waals surface area contributed by atoms with E-state index in [0.29, 0.717) is 13.1 Å². The Morgan fingerprint density at radius 1 is 1.13 bits per heavy atom. The SMILES string of the molecule is C[C@H](OC(=O)c1ccc(S(=O)(=O)N2CCCC2)cc1)C(=O)Nc1ccc(F)cc1Cl. The molecule has 2 aromatic carbocycles. The van der Waals surface area contributed by atoms with Crippen LogP contribution in [0.4, 0.5) is 10.1 Å². The van der Waals surface area contributed by atoms with Gasteiger partial charge in [0.15, 0.2) is 6.10 Å². The highest BCUT2D eigenvalue weighted by atomic mass is 35.5. The summed E-state index contributed by atoms with van der Waals surface area (Å²) in [4.78, 5) is 24.6. The van der Waals surface area contributed by atoms with Gasteiger partial charge in [0.2, 0.25) is 10.0 Å². The van der Waals surface area contributed by atoms with E-state index in [0.717, 1.165) is 25.0 Å². The summed E-state index contributed by atoms with van der Waals surface area (Å²) in [5.41, 5.74) is 0.289. The number of sulfonamides is 1. The molecule has 1 aliphatic rings. The predicted molar refractivity (Wildman–Crippen MR) is 109 cm³/mol. The molecule has 7 nitrogen and oxygen atoms in total. The summed E-state index contributed by atoms with van der Waals surface area (Å²) >= 11 is 5.86. The average Bonchev–Trinajstić information content (AvgIpc) is 3.26. The molecule has 2 aromatic rings. The lowest BCUT2D eigenvalue weighted by molar-refractivity contribution is -0.123. The first-order valence-electron chi connectivity index (χ1n) is 9.25. The van der Waals surface area contributed by atoms with Gasteiger partial charge in [-0.15, -0.1) is 0 Å². The molecule has 0 saturated carbocycles. The molecule has 1 fully saturated rings. The molecule has 1 aliphatic heterocycles. The van der Waals surface area contributed by atoms with Gasteiger partial charge in [-0.3, -0.25) is 4.79 Å². The second-order valence-corrected chi connectivity index (χ2v) is 9.14. The number of rotatable bonds is 6. The van der Waals surface area contributed by atoms with Crippen LogP contribution in [0.15, 0.2) is 47.4 Å². The Morgan fingerprint density at radius 2 is 1.77 bits per heavy atom. The monoisotopic (exact) mass is 454 g/mol. The van der Waals surface area contributed by atoms with Gasteiger partial charge in [-0.05, 0) is 62.2 Å². The maximum Gasteiger partial charge on any atom is 0.338 e. The number of carbonyl (C=O) groups excluding carboxylic acids is 2. The van der Waals surface area contributed by atoms with E-state index in [2.05, 4.69) is 5.32 Å². The van der Waals surface area contributed by atoms with Crippen molar-refractivity contribution in [2.75, 3.05) is 18.4 Å². The number of hydrogen-bond acceptors (Lipinski definition) is 5. The van der Waals surface area contributed by atoms with Crippen LogP contribution in [0.2, 0.25) is 5.02 Å². The Labute approximate surface area is 178 Å². The van der Waals surface area contributed by atoms with Crippen LogP contribution >= 0.6 is 11.6 Å². The first kappa shape index (κ1) is 22.2. The Morgan fingerprint density at radius 3 is 2.37 bits per heavy atom. The van der Waals surface area contributed by atoms with Gasteiger partial charge in [0.05, 0.1) is 21.2 Å². The zero-order chi connectivity index (χ0) is 21.9. The Bertz CT molecular complexity index is 1050. The fourth-order valence-electron chi connectivity index (χ4n) is 2.95. The number of hydrogen-bond donors (Lipinski definition) is 1. The molecule has 160 valence electrons. The fourth-order valence-corrected chi connectivity index (χ4v) is 4.68. The second kappa shape index (κ2) is 9.11. The lowest BCUT2D eigenvalue weighted by Gasteiger charge is -2.16. The van der Waals surface area contributed by atoms with E-state index in [-0.39, 0.29) is 21.2 Å². The lowest BCUT2D eigenvalue weighted by Crippen LogP contribution is -2.30. The first-order chi connectivity index (χ1) is 14.2. The lowest BCUT2D eigenvalue weighted by atomic mass is 10.2. The first-order valence-corrected chi connectivity index (χ1v) is 11.1. The summed E-state index contributed by atoms with van der Waals surface area (Å²) in [6.07, 6.45) is 0.492. The van der Waals surface area contributed by atoms with Crippen LogP contribution in [-0.2, 0) is 19.6 Å². The Hall–Kier alpha value is -2.49. The van der Waals surface area contributed by atoms with E-state index in [1.165, 1.54) is 41.6 Å². The van der Waals surface area contributed by atoms with E-state index in [9.17, 15) is 22.4 Å². The van der Waals surface area contributed by atoms with Crippen LogP contribution in [0.5, 0.6) is 0 Å². The van der Waals surface area contributed by atoms with Crippen molar-refractivity contribution in [3.63, 3.8) is 0 Å². The highest BCUT2D eigenvalue weighted by molar-refractivity contribution is 7.89. The van der Waals surface area contributed by atoms with E-state index >= 15 is 0 Å². The molecule has 0 unspecified atom stereocenters. The Balaban J connectivity index is 1.63. The van der Waals surface area contributed by atoms with Crippen molar-refractivity contribution in [2.45, 2.75) is 30.8 Å². The van der Waals surface area contributed by atoms with Gasteiger partial charge in [0.1, 0.15) is 5.82 Å². The van der Waals surface area contributed by atoms with Crippen molar-refractivity contribution in [1.82, 2.24) is 4.31 Å². The number of benzene rings is 2. The summed E-state index contributed by atoms with van der Waals surface area (Å²) < 4.78 is 44.7. The third-order valence-electron chi connectivity index (χ3n) is 4.63. The van der Waals surface area contributed by atoms with E-state index in [1.807, 2.05) is 0 Å². The molecule has 0 aliphatic carbocycles. The van der Waals surface area contributed by atoms with Crippen molar-refractivity contribution in [2.24, 2.45) is 0 Å². The molecule has 1 atom stereocenters. The number of carbonyl (C=O) groups is 2. The van der Waals surface area contributed by atoms with Crippen molar-refractivity contribution < 1.29 is 27.1 Å². The molecule has 1 N–H and O–H groups in total. The molecule has 0 spiro atoms. The van der Waals surface area contributed by atoms with Gasteiger partial charge in [0, 0.05) is 13.1 Å². The molecule has 30 heavy (non-hydrogen) atoms. The average molecular weight is 455 g/mol. The summed E-state index contributed by atoms with van der Waals surface area (Å²) in [5.74, 6) is -1.98. The van der Waals surface area contributed by atoms with E-state index in [1.54, 1.807) is 0 Å². The number of nitrogens with one attached hydrogen (secondary N) is 1. The maximum absolute atomic E-state index is 13.1. The molecular weight excluding hydrogens is 435 g/mol. The molecule has 1 amide bonds. The molecule has 10 heteroatoms. The summed E-state index contributed by atoms with van der Waals surface area (Å²) in [6, 6.07) is 8.84. The molecule has 3 rings (SSSR count). The highest BCUT2D eigenvalue weighted by Gasteiger charge is 2.27. The quantitative estimate of drug-likeness (QED) is 0.675. The van der Waals surface area contributed by atoms with Crippen LogP contribution in [0.25, 0.3) is 0 Å². The van der Waals surface area contributed by atoms with Crippen LogP contribution in [-0.4, -0.2) is 43.8 Å². The standard InChI is InChI=1S/C20H20ClFN2O5S/c1-13(19(25)23-18-9-6-15(22)12-17(18)21)29-20(26)14-4-7-16(8-5-14)30(27,28)24-10-2-3-11-24/h4-9,12-13H,2-3,10-11H2,1H3,(H,23,25)/t13-/m0/s1. The second-order valence-electron chi connectivity index (χ2n) is 6.80. The van der Waals surface area contributed by atoms with Crippen molar-refractivity contribution in [3.05, 3.63) is 58.9 Å². The van der Waals surface area contributed by atoms with Gasteiger partial charge in [-0.1, -0.05) is 11.6 Å². The molecule has 0 bridgehead atoms. The van der Waals surface area contributed by atoms with Crippen LogP contribution in [0.1, 0.15) is 30.1 Å². The topological polar surface area (TPSA) is 92.8 Å². The maximum atomic E-state index is 13.1. The van der Waals surface area contributed by atoms with Crippen molar-refractivity contribution >= 4 is 39.2 Å². The van der Waals surface area contributed by atoms with Gasteiger partial charge < -0.3 is 10.1 Å². The smallest absolute Gasteiger partial charge is 0.338 e.